The molecule has 0 spiro atoms. The molecule has 7 heterocycles. The molecule has 2 aromatic carbocycles. The van der Waals surface area contributed by atoms with Crippen LogP contribution in [0.3, 0.4) is 0 Å². The Morgan fingerprint density at radius 1 is 0.864 bits per heavy atom. The molecule has 0 saturated carbocycles. The van der Waals surface area contributed by atoms with E-state index in [0.717, 1.165) is 104 Å². The molecule has 5 aromatic rings. The Hall–Kier alpha value is -6.79. The Kier molecular flexibility index (Phi) is 12.8. The van der Waals surface area contributed by atoms with Gasteiger partial charge in [0, 0.05) is 98.3 Å². The van der Waals surface area contributed by atoms with Crippen molar-refractivity contribution in [1.82, 2.24) is 35.0 Å². The number of likely N-dealkylation sites (tertiary alicyclic amines) is 1. The van der Waals surface area contributed by atoms with Gasteiger partial charge in [-0.2, -0.15) is 10.4 Å². The molecule has 0 aliphatic carbocycles. The van der Waals surface area contributed by atoms with Crippen LogP contribution in [0.1, 0.15) is 76.3 Å². The summed E-state index contributed by atoms with van der Waals surface area (Å²) in [6.45, 7) is 12.5. The Labute approximate surface area is 385 Å². The Morgan fingerprint density at radius 2 is 1.58 bits per heavy atom. The van der Waals surface area contributed by atoms with Crippen LogP contribution >= 0.6 is 0 Å². The Balaban J connectivity index is 0.775. The molecule has 4 saturated heterocycles. The van der Waals surface area contributed by atoms with Crippen LogP contribution in [0.5, 0.6) is 5.75 Å². The zero-order valence-corrected chi connectivity index (χ0v) is 38.0. The van der Waals surface area contributed by atoms with Crippen molar-refractivity contribution in [2.75, 3.05) is 68.7 Å². The van der Waals surface area contributed by atoms with Crippen LogP contribution < -0.4 is 25.2 Å². The number of amides is 4. The number of aromatic nitrogens is 3. The van der Waals surface area contributed by atoms with Gasteiger partial charge in [0.1, 0.15) is 17.6 Å². The summed E-state index contributed by atoms with van der Waals surface area (Å²) in [4.78, 5) is 63.6. The minimum absolute atomic E-state index is 0.112. The number of rotatable bonds is 11. The molecule has 1 unspecified atom stereocenters. The number of piperidine rings is 3. The summed E-state index contributed by atoms with van der Waals surface area (Å²) in [7, 11) is 0. The van der Waals surface area contributed by atoms with Crippen molar-refractivity contribution >= 4 is 40.7 Å². The Bertz CT molecular complexity index is 2610. The van der Waals surface area contributed by atoms with E-state index in [2.05, 4.69) is 92.0 Å². The quantitative estimate of drug-likeness (QED) is 0.154. The first-order valence-corrected chi connectivity index (χ1v) is 23.3. The van der Waals surface area contributed by atoms with Crippen LogP contribution in [-0.2, 0) is 19.2 Å². The van der Waals surface area contributed by atoms with Crippen LogP contribution in [0.4, 0.5) is 11.5 Å². The van der Waals surface area contributed by atoms with Crippen LogP contribution in [0.2, 0.25) is 0 Å². The molecule has 342 valence electrons. The molecule has 4 fully saturated rings. The smallest absolute Gasteiger partial charge is 0.267 e. The lowest BCUT2D eigenvalue weighted by molar-refractivity contribution is -0.139. The summed E-state index contributed by atoms with van der Waals surface area (Å²) >= 11 is 0. The van der Waals surface area contributed by atoms with Gasteiger partial charge in [-0.3, -0.25) is 29.4 Å². The van der Waals surface area contributed by atoms with Crippen molar-refractivity contribution in [1.29, 1.82) is 5.26 Å². The number of carbonyl (C=O) groups excluding carboxylic acids is 4. The number of hydrogen-bond acceptors (Lipinski definition) is 11. The molecule has 2 N–H and O–H groups in total. The molecular formula is C51H58N10O5. The first-order chi connectivity index (χ1) is 31.9. The van der Waals surface area contributed by atoms with Crippen molar-refractivity contribution < 1.29 is 23.9 Å². The number of carbonyl (C=O) groups is 4. The van der Waals surface area contributed by atoms with Crippen LogP contribution in [-0.4, -0.2) is 119 Å². The fourth-order valence-corrected chi connectivity index (χ4v) is 9.77. The number of imide groups is 1. The highest BCUT2D eigenvalue weighted by molar-refractivity contribution is 6.00. The molecule has 4 aliphatic heterocycles. The molecule has 66 heavy (non-hydrogen) atoms. The van der Waals surface area contributed by atoms with E-state index in [1.165, 1.54) is 5.56 Å². The highest BCUT2D eigenvalue weighted by Crippen LogP contribution is 2.36. The van der Waals surface area contributed by atoms with Gasteiger partial charge in [0.15, 0.2) is 6.10 Å². The van der Waals surface area contributed by atoms with Gasteiger partial charge >= 0.3 is 0 Å². The van der Waals surface area contributed by atoms with Gasteiger partial charge in [-0.25, -0.2) is 9.50 Å². The third kappa shape index (κ3) is 9.60. The number of nitriles is 1. The number of nitrogens with zero attached hydrogens (tertiary/aromatic N) is 8. The number of benzene rings is 2. The molecule has 3 aromatic heterocycles. The lowest BCUT2D eigenvalue weighted by atomic mass is 9.79. The topological polar surface area (TPSA) is 169 Å². The minimum atomic E-state index is -0.649. The van der Waals surface area contributed by atoms with Gasteiger partial charge in [-0.05, 0) is 112 Å². The maximum Gasteiger partial charge on any atom is 0.267 e. The second kappa shape index (κ2) is 19.0. The molecule has 4 amide bonds. The SMILES string of the molecule is CC(C)NC(=O)C1(C)CCN(c2ccc(-c3cc(-c4ccc(N5CCN(C(=O)CN6CCC(c7ccc(OC8CCC(=O)NC8=O)cc7)CC6)CC5)cc4)cn4ncc(C#N)c34)cn2)CC1. The van der Waals surface area contributed by atoms with Crippen LogP contribution in [0.25, 0.3) is 27.8 Å². The van der Waals surface area contributed by atoms with Crippen molar-refractivity contribution in [3.8, 4) is 34.1 Å². The summed E-state index contributed by atoms with van der Waals surface area (Å²) in [6, 6.07) is 25.0. The second-order valence-corrected chi connectivity index (χ2v) is 18.8. The molecule has 9 rings (SSSR count). The van der Waals surface area contributed by atoms with E-state index >= 15 is 0 Å². The van der Waals surface area contributed by atoms with Gasteiger partial charge in [0.2, 0.25) is 17.7 Å². The first kappa shape index (κ1) is 44.4. The number of nitrogens with one attached hydrogen (secondary N) is 2. The highest BCUT2D eigenvalue weighted by atomic mass is 16.5. The van der Waals surface area contributed by atoms with Gasteiger partial charge in [0.25, 0.3) is 5.91 Å². The number of pyridine rings is 2. The lowest BCUT2D eigenvalue weighted by Crippen LogP contribution is -2.51. The van der Waals surface area contributed by atoms with Gasteiger partial charge < -0.3 is 24.8 Å². The maximum absolute atomic E-state index is 13.5. The van der Waals surface area contributed by atoms with Crippen molar-refractivity contribution in [3.05, 3.63) is 96.4 Å². The normalized spacial score (nSPS) is 19.4. The van der Waals surface area contributed by atoms with Crippen molar-refractivity contribution in [3.63, 3.8) is 0 Å². The molecule has 1 atom stereocenters. The van der Waals surface area contributed by atoms with E-state index in [0.29, 0.717) is 43.3 Å². The standard InChI is InChI=1S/C51H58N10O5/c1-34(2)55-50(65)51(3)18-22-59(23-19-51)45-14-8-38(30-53-45)43-28-39(32-61-48(43)40(29-52)31-54-61)36-4-9-41(10-5-36)58-24-26-60(27-25-58)47(63)33-57-20-16-37(17-21-57)35-6-11-42(12-7-35)66-44-13-15-46(62)56-49(44)64/h4-12,14,28,30-32,34,37,44H,13,15-27,33H2,1-3H3,(H,55,65)(H,56,62,64). The number of fused-ring (bicyclic) bond motifs is 1. The van der Waals surface area contributed by atoms with E-state index in [1.54, 1.807) is 10.7 Å². The lowest BCUT2D eigenvalue weighted by Gasteiger charge is -2.39. The zero-order chi connectivity index (χ0) is 46.0. The third-order valence-corrected chi connectivity index (χ3v) is 13.9. The highest BCUT2D eigenvalue weighted by Gasteiger charge is 2.37. The van der Waals surface area contributed by atoms with Crippen molar-refractivity contribution in [2.45, 2.75) is 77.4 Å². The van der Waals surface area contributed by atoms with E-state index in [4.69, 9.17) is 9.72 Å². The summed E-state index contributed by atoms with van der Waals surface area (Å²) < 4.78 is 7.63. The summed E-state index contributed by atoms with van der Waals surface area (Å²) in [5.41, 5.74) is 6.91. The molecule has 15 heteroatoms. The van der Waals surface area contributed by atoms with E-state index < -0.39 is 11.5 Å². The molecule has 15 nitrogen and oxygen atoms in total. The number of anilines is 2. The van der Waals surface area contributed by atoms with E-state index in [9.17, 15) is 24.4 Å². The molecule has 0 bridgehead atoms. The number of piperazine rings is 1. The van der Waals surface area contributed by atoms with Crippen LogP contribution in [0.15, 0.2) is 85.3 Å². The molecular weight excluding hydrogens is 833 g/mol. The predicted octanol–water partition coefficient (Wildman–Crippen LogP) is 5.78. The molecule has 4 aliphatic rings. The first-order valence-electron chi connectivity index (χ1n) is 23.3. The maximum atomic E-state index is 13.5. The molecule has 0 radical (unpaired) electrons. The Morgan fingerprint density at radius 3 is 2.23 bits per heavy atom. The van der Waals surface area contributed by atoms with Crippen LogP contribution in [0, 0.1) is 16.7 Å². The predicted molar refractivity (Wildman–Crippen MR) is 252 cm³/mol. The largest absolute Gasteiger partial charge is 0.481 e. The van der Waals surface area contributed by atoms with Gasteiger partial charge in [-0.15, -0.1) is 0 Å². The summed E-state index contributed by atoms with van der Waals surface area (Å²) in [6.07, 6.45) is 8.89. The third-order valence-electron chi connectivity index (χ3n) is 13.9. The average Bonchev–Trinajstić information content (AvgIpc) is 3.76. The minimum Gasteiger partial charge on any atom is -0.481 e. The van der Waals surface area contributed by atoms with E-state index in [-0.39, 0.29) is 36.1 Å². The fourth-order valence-electron chi connectivity index (χ4n) is 9.77. The second-order valence-electron chi connectivity index (χ2n) is 18.8. The summed E-state index contributed by atoms with van der Waals surface area (Å²) in [5.74, 6) is 1.53. The number of ether oxygens (including phenoxy) is 1. The van der Waals surface area contributed by atoms with E-state index in [1.807, 2.05) is 49.3 Å². The fraction of sp³-hybridized carbons (Fsp3) is 0.431. The van der Waals surface area contributed by atoms with Gasteiger partial charge in [0.05, 0.1) is 23.8 Å². The summed E-state index contributed by atoms with van der Waals surface area (Å²) in [5, 5.41) is 20.0. The monoisotopic (exact) mass is 890 g/mol. The zero-order valence-electron chi connectivity index (χ0n) is 38.0. The van der Waals surface area contributed by atoms with Gasteiger partial charge in [-0.1, -0.05) is 31.2 Å². The number of hydrogen-bond donors (Lipinski definition) is 2. The van der Waals surface area contributed by atoms with Crippen molar-refractivity contribution in [2.24, 2.45) is 5.41 Å². The average molecular weight is 891 g/mol.